The Kier molecular flexibility index (Phi) is 4.50. The molecule has 1 saturated carbocycles. The Balaban J connectivity index is 2.21. The molecule has 1 aromatic carbocycles. The van der Waals surface area contributed by atoms with Crippen LogP contribution in [0.25, 0.3) is 0 Å². The van der Waals surface area contributed by atoms with E-state index in [-0.39, 0.29) is 5.82 Å². The van der Waals surface area contributed by atoms with Crippen molar-refractivity contribution in [1.82, 2.24) is 0 Å². The fourth-order valence-corrected chi connectivity index (χ4v) is 1.83. The average molecular weight is 258 g/mol. The average Bonchev–Trinajstić information content (AvgIpc) is 3.22. The lowest BCUT2D eigenvalue weighted by Gasteiger charge is -2.22. The Morgan fingerprint density at radius 2 is 1.95 bits per heavy atom. The minimum absolute atomic E-state index is 0.231. The van der Waals surface area contributed by atoms with E-state index in [0.717, 1.165) is 18.5 Å². The summed E-state index contributed by atoms with van der Waals surface area (Å²) in [5.41, 5.74) is 1.50. The molecule has 0 atom stereocenters. The van der Waals surface area contributed by atoms with E-state index >= 15 is 0 Å². The second kappa shape index (κ2) is 6.32. The Bertz CT molecular complexity index is 480. The molecule has 0 saturated heterocycles. The van der Waals surface area contributed by atoms with Crippen LogP contribution in [0.2, 0.25) is 0 Å². The Morgan fingerprint density at radius 1 is 1.26 bits per heavy atom. The highest BCUT2D eigenvalue weighted by Crippen LogP contribution is 2.24. The third-order valence-electron chi connectivity index (χ3n) is 3.02. The molecule has 0 unspecified atom stereocenters. The minimum Gasteiger partial charge on any atom is -0.364 e. The van der Waals surface area contributed by atoms with Gasteiger partial charge in [-0.3, -0.25) is 4.99 Å². The van der Waals surface area contributed by atoms with Gasteiger partial charge in [0.1, 0.15) is 5.82 Å². The molecule has 0 N–H and O–H groups in total. The number of rotatable bonds is 7. The molecule has 0 aromatic heterocycles. The van der Waals surface area contributed by atoms with Gasteiger partial charge in [-0.05, 0) is 31.0 Å². The normalized spacial score (nSPS) is 14.6. The lowest BCUT2D eigenvalue weighted by Crippen LogP contribution is -2.23. The van der Waals surface area contributed by atoms with Gasteiger partial charge in [-0.1, -0.05) is 12.2 Å². The largest absolute Gasteiger partial charge is 0.364 e. The van der Waals surface area contributed by atoms with Gasteiger partial charge in [0.25, 0.3) is 0 Å². The highest BCUT2D eigenvalue weighted by molar-refractivity contribution is 5.82. The summed E-state index contributed by atoms with van der Waals surface area (Å²) in [5.74, 6) is -0.231. The van der Waals surface area contributed by atoms with Crippen molar-refractivity contribution in [2.24, 2.45) is 4.99 Å². The first-order chi connectivity index (χ1) is 9.24. The van der Waals surface area contributed by atoms with Crippen LogP contribution in [-0.4, -0.2) is 25.3 Å². The summed E-state index contributed by atoms with van der Waals surface area (Å²) >= 11 is 0. The summed E-state index contributed by atoms with van der Waals surface area (Å²) in [5, 5.41) is 0. The summed E-state index contributed by atoms with van der Waals surface area (Å²) in [6.45, 7) is 8.89. The molecule has 1 aliphatic carbocycles. The predicted octanol–water partition coefficient (Wildman–Crippen LogP) is 3.59. The first kappa shape index (κ1) is 13.5. The van der Waals surface area contributed by atoms with Crippen LogP contribution in [0.4, 0.5) is 10.1 Å². The molecule has 0 bridgehead atoms. The number of benzene rings is 1. The third kappa shape index (κ3) is 3.78. The van der Waals surface area contributed by atoms with E-state index < -0.39 is 0 Å². The fraction of sp³-hybridized carbons (Fsp3) is 0.312. The van der Waals surface area contributed by atoms with Crippen LogP contribution in [0, 0.1) is 5.82 Å². The molecular weight excluding hydrogens is 239 g/mol. The number of hydrogen-bond acceptors (Lipinski definition) is 2. The number of aliphatic imine (C=N–C) groups is 1. The highest BCUT2D eigenvalue weighted by Gasteiger charge is 2.19. The fourth-order valence-electron chi connectivity index (χ4n) is 1.83. The van der Waals surface area contributed by atoms with Crippen LogP contribution in [0.15, 0.2) is 48.5 Å². The Hall–Kier alpha value is -1.90. The molecule has 1 aliphatic rings. The van der Waals surface area contributed by atoms with E-state index in [1.54, 1.807) is 12.3 Å². The quantitative estimate of drug-likeness (QED) is 0.539. The topological polar surface area (TPSA) is 15.6 Å². The van der Waals surface area contributed by atoms with Crippen molar-refractivity contribution in [1.29, 1.82) is 0 Å². The van der Waals surface area contributed by atoms with Crippen molar-refractivity contribution in [3.8, 4) is 0 Å². The number of halogens is 1. The molecule has 0 radical (unpaired) electrons. The zero-order valence-corrected chi connectivity index (χ0v) is 11.1. The van der Waals surface area contributed by atoms with Crippen LogP contribution in [-0.2, 0) is 0 Å². The minimum atomic E-state index is -0.231. The van der Waals surface area contributed by atoms with Crippen molar-refractivity contribution >= 4 is 11.9 Å². The molecule has 100 valence electrons. The SMILES string of the molecule is C=CCN(CC=C)c1ccc(F)c(C=NC2CC2)c1. The van der Waals surface area contributed by atoms with Gasteiger partial charge in [0.15, 0.2) is 0 Å². The lowest BCUT2D eigenvalue weighted by atomic mass is 10.2. The second-order valence-electron chi connectivity index (χ2n) is 4.70. The smallest absolute Gasteiger partial charge is 0.132 e. The van der Waals surface area contributed by atoms with E-state index in [1.165, 1.54) is 6.07 Å². The maximum absolute atomic E-state index is 13.7. The van der Waals surface area contributed by atoms with Crippen LogP contribution >= 0.6 is 0 Å². The predicted molar refractivity (Wildman–Crippen MR) is 79.6 cm³/mol. The van der Waals surface area contributed by atoms with Crippen molar-refractivity contribution in [3.63, 3.8) is 0 Å². The van der Waals surface area contributed by atoms with Gasteiger partial charge in [-0.2, -0.15) is 0 Å². The van der Waals surface area contributed by atoms with E-state index in [0.29, 0.717) is 24.7 Å². The second-order valence-corrected chi connectivity index (χ2v) is 4.70. The summed E-state index contributed by atoms with van der Waals surface area (Å²) in [7, 11) is 0. The van der Waals surface area contributed by atoms with Crippen molar-refractivity contribution in [2.45, 2.75) is 18.9 Å². The van der Waals surface area contributed by atoms with Gasteiger partial charge in [0.05, 0.1) is 6.04 Å². The Morgan fingerprint density at radius 3 is 2.53 bits per heavy atom. The Labute approximate surface area is 114 Å². The van der Waals surface area contributed by atoms with Crippen LogP contribution in [0.1, 0.15) is 18.4 Å². The first-order valence-corrected chi connectivity index (χ1v) is 6.54. The van der Waals surface area contributed by atoms with E-state index in [1.807, 2.05) is 18.2 Å². The maximum Gasteiger partial charge on any atom is 0.132 e. The van der Waals surface area contributed by atoms with Gasteiger partial charge in [-0.15, -0.1) is 13.2 Å². The van der Waals surface area contributed by atoms with Gasteiger partial charge in [-0.25, -0.2) is 4.39 Å². The molecular formula is C16H19FN2. The van der Waals surface area contributed by atoms with E-state index in [9.17, 15) is 4.39 Å². The number of nitrogens with zero attached hydrogens (tertiary/aromatic N) is 2. The molecule has 3 heteroatoms. The lowest BCUT2D eigenvalue weighted by molar-refractivity contribution is 0.625. The van der Waals surface area contributed by atoms with Gasteiger partial charge in [0, 0.05) is 30.6 Å². The summed E-state index contributed by atoms with van der Waals surface area (Å²) < 4.78 is 13.7. The van der Waals surface area contributed by atoms with Gasteiger partial charge < -0.3 is 4.90 Å². The number of anilines is 1. The third-order valence-corrected chi connectivity index (χ3v) is 3.02. The van der Waals surface area contributed by atoms with Crippen molar-refractivity contribution < 1.29 is 4.39 Å². The molecule has 0 spiro atoms. The molecule has 0 heterocycles. The molecule has 1 fully saturated rings. The summed E-state index contributed by atoms with van der Waals surface area (Å²) in [6, 6.07) is 5.49. The molecule has 1 aromatic rings. The summed E-state index contributed by atoms with van der Waals surface area (Å²) in [4.78, 5) is 6.41. The number of hydrogen-bond donors (Lipinski definition) is 0. The van der Waals surface area contributed by atoms with Crippen LogP contribution in [0.5, 0.6) is 0 Å². The zero-order chi connectivity index (χ0) is 13.7. The van der Waals surface area contributed by atoms with Crippen LogP contribution in [0.3, 0.4) is 0 Å². The highest BCUT2D eigenvalue weighted by atomic mass is 19.1. The molecule has 2 rings (SSSR count). The van der Waals surface area contributed by atoms with Gasteiger partial charge in [0.2, 0.25) is 0 Å². The molecule has 2 nitrogen and oxygen atoms in total. The van der Waals surface area contributed by atoms with E-state index in [4.69, 9.17) is 0 Å². The van der Waals surface area contributed by atoms with Crippen molar-refractivity contribution in [2.75, 3.05) is 18.0 Å². The first-order valence-electron chi connectivity index (χ1n) is 6.54. The monoisotopic (exact) mass is 258 g/mol. The standard InChI is InChI=1S/C16H19FN2/c1-3-9-19(10-4-2)15-7-8-16(17)13(11-15)12-18-14-5-6-14/h3-4,7-8,11-12,14H,1-2,5-6,9-10H2. The van der Waals surface area contributed by atoms with Gasteiger partial charge >= 0.3 is 0 Å². The van der Waals surface area contributed by atoms with E-state index in [2.05, 4.69) is 23.1 Å². The van der Waals surface area contributed by atoms with Crippen molar-refractivity contribution in [3.05, 3.63) is 54.9 Å². The zero-order valence-electron chi connectivity index (χ0n) is 11.1. The summed E-state index contributed by atoms with van der Waals surface area (Å²) in [6.07, 6.45) is 7.54. The molecule has 0 aliphatic heterocycles. The van der Waals surface area contributed by atoms with Crippen LogP contribution < -0.4 is 4.90 Å². The molecule has 19 heavy (non-hydrogen) atoms. The molecule has 0 amide bonds. The maximum atomic E-state index is 13.7.